The predicted octanol–water partition coefficient (Wildman–Crippen LogP) is 3.71. The van der Waals surface area contributed by atoms with Gasteiger partial charge in [-0.2, -0.15) is 0 Å². The summed E-state index contributed by atoms with van der Waals surface area (Å²) in [5.41, 5.74) is 0.886. The van der Waals surface area contributed by atoms with Gasteiger partial charge in [0.15, 0.2) is 10.9 Å². The number of nitrogens with zero attached hydrogens (tertiary/aromatic N) is 2. The summed E-state index contributed by atoms with van der Waals surface area (Å²) < 4.78 is 1.04. The summed E-state index contributed by atoms with van der Waals surface area (Å²) in [7, 11) is 0. The fourth-order valence-corrected chi connectivity index (χ4v) is 2.43. The molecule has 1 aromatic carbocycles. The highest BCUT2D eigenvalue weighted by molar-refractivity contribution is 14.1. The number of benzene rings is 1. The smallest absolute Gasteiger partial charge is 0.275 e. The Morgan fingerprint density at radius 1 is 1.47 bits per heavy atom. The van der Waals surface area contributed by atoms with Gasteiger partial charge in [0, 0.05) is 9.26 Å². The van der Waals surface area contributed by atoms with E-state index >= 15 is 0 Å². The first kappa shape index (κ1) is 14.5. The molecule has 1 aromatic heterocycles. The summed E-state index contributed by atoms with van der Waals surface area (Å²) in [6.07, 6.45) is 3.27. The molecular weight excluding hydrogens is 397 g/mol. The highest BCUT2D eigenvalue weighted by atomic mass is 127. The van der Waals surface area contributed by atoms with E-state index < -0.39 is 0 Å². The maximum atomic E-state index is 12.1. The molecule has 0 bridgehead atoms. The molecule has 0 fully saturated rings. The molecule has 0 saturated heterocycles. The normalized spacial score (nSPS) is 10.3. The molecular formula is C12H9ClIN3OS. The van der Waals surface area contributed by atoms with Crippen molar-refractivity contribution in [1.82, 2.24) is 9.97 Å². The van der Waals surface area contributed by atoms with Crippen LogP contribution in [0.5, 0.6) is 0 Å². The Labute approximate surface area is 133 Å². The van der Waals surface area contributed by atoms with Gasteiger partial charge in [-0.05, 0) is 47.0 Å². The van der Waals surface area contributed by atoms with Gasteiger partial charge < -0.3 is 5.32 Å². The van der Waals surface area contributed by atoms with Crippen molar-refractivity contribution in [3.63, 3.8) is 0 Å². The number of rotatable bonds is 3. The number of thioether (sulfide) groups is 1. The molecule has 0 spiro atoms. The Hall–Kier alpha value is -0.860. The van der Waals surface area contributed by atoms with Crippen molar-refractivity contribution in [1.29, 1.82) is 0 Å². The first-order valence-electron chi connectivity index (χ1n) is 5.23. The zero-order valence-corrected chi connectivity index (χ0v) is 13.6. The first-order chi connectivity index (χ1) is 9.10. The molecule has 0 radical (unpaired) electrons. The van der Waals surface area contributed by atoms with Crippen LogP contribution >= 0.6 is 46.0 Å². The summed E-state index contributed by atoms with van der Waals surface area (Å²) in [6, 6.07) is 7.49. The number of nitrogens with one attached hydrogen (secondary N) is 1. The predicted molar refractivity (Wildman–Crippen MR) is 85.9 cm³/mol. The average molecular weight is 406 g/mol. The maximum absolute atomic E-state index is 12.1. The van der Waals surface area contributed by atoms with Crippen LogP contribution in [0.2, 0.25) is 5.02 Å². The van der Waals surface area contributed by atoms with Crippen molar-refractivity contribution >= 4 is 57.5 Å². The van der Waals surface area contributed by atoms with Crippen molar-refractivity contribution in [3.8, 4) is 0 Å². The van der Waals surface area contributed by atoms with Crippen LogP contribution in [0.15, 0.2) is 35.6 Å². The van der Waals surface area contributed by atoms with Gasteiger partial charge in [0.05, 0.1) is 11.2 Å². The third-order valence-electron chi connectivity index (χ3n) is 2.20. The molecule has 0 saturated carbocycles. The van der Waals surface area contributed by atoms with Crippen molar-refractivity contribution in [2.45, 2.75) is 5.16 Å². The van der Waals surface area contributed by atoms with Gasteiger partial charge >= 0.3 is 0 Å². The Kier molecular flexibility index (Phi) is 5.00. The second-order valence-corrected chi connectivity index (χ2v) is 5.94. The minimum Gasteiger partial charge on any atom is -0.321 e. The number of hydrogen-bond acceptors (Lipinski definition) is 4. The largest absolute Gasteiger partial charge is 0.321 e. The van der Waals surface area contributed by atoms with E-state index in [9.17, 15) is 4.79 Å². The van der Waals surface area contributed by atoms with Gasteiger partial charge in [0.25, 0.3) is 5.91 Å². The highest BCUT2D eigenvalue weighted by Gasteiger charge is 2.14. The topological polar surface area (TPSA) is 54.9 Å². The zero-order chi connectivity index (χ0) is 13.8. The van der Waals surface area contributed by atoms with Crippen molar-refractivity contribution in [2.75, 3.05) is 11.6 Å². The van der Waals surface area contributed by atoms with Gasteiger partial charge in [-0.15, -0.1) is 0 Å². The summed E-state index contributed by atoms with van der Waals surface area (Å²) in [6.45, 7) is 0. The van der Waals surface area contributed by atoms with Gasteiger partial charge in [-0.25, -0.2) is 9.97 Å². The SMILES string of the molecule is CSc1ncc(Cl)c(C(=O)Nc2cccc(I)c2)n1. The van der Waals surface area contributed by atoms with E-state index in [1.54, 1.807) is 0 Å². The lowest BCUT2D eigenvalue weighted by molar-refractivity contribution is 0.102. The fraction of sp³-hybridized carbons (Fsp3) is 0.0833. The quantitative estimate of drug-likeness (QED) is 0.480. The van der Waals surface area contributed by atoms with Crippen molar-refractivity contribution in [2.24, 2.45) is 0 Å². The molecule has 19 heavy (non-hydrogen) atoms. The van der Waals surface area contributed by atoms with E-state index in [0.717, 1.165) is 3.57 Å². The molecule has 0 aliphatic rings. The summed E-state index contributed by atoms with van der Waals surface area (Å²) in [4.78, 5) is 20.2. The minimum absolute atomic E-state index is 0.180. The number of carbonyl (C=O) groups excluding carboxylic acids is 1. The van der Waals surface area contributed by atoms with Crippen LogP contribution in [0.4, 0.5) is 5.69 Å². The zero-order valence-electron chi connectivity index (χ0n) is 9.85. The Morgan fingerprint density at radius 3 is 2.95 bits per heavy atom. The third-order valence-corrected chi connectivity index (χ3v) is 3.71. The second-order valence-electron chi connectivity index (χ2n) is 3.52. The Balaban J connectivity index is 2.25. The summed E-state index contributed by atoms with van der Waals surface area (Å²) in [5.74, 6) is -0.343. The van der Waals surface area contributed by atoms with E-state index in [0.29, 0.717) is 10.8 Å². The van der Waals surface area contributed by atoms with Gasteiger partial charge in [0.2, 0.25) is 0 Å². The van der Waals surface area contributed by atoms with Crippen LogP contribution in [-0.4, -0.2) is 22.1 Å². The molecule has 4 nitrogen and oxygen atoms in total. The summed E-state index contributed by atoms with van der Waals surface area (Å²) >= 11 is 9.48. The standard InChI is InChI=1S/C12H9ClIN3OS/c1-19-12-15-6-9(13)10(17-12)11(18)16-8-4-2-3-7(14)5-8/h2-6H,1H3,(H,16,18). The molecule has 98 valence electrons. The number of amides is 1. The summed E-state index contributed by atoms with van der Waals surface area (Å²) in [5, 5.41) is 3.51. The molecule has 7 heteroatoms. The average Bonchev–Trinajstić information content (AvgIpc) is 2.39. The van der Waals surface area contributed by atoms with E-state index in [2.05, 4.69) is 37.9 Å². The van der Waals surface area contributed by atoms with E-state index in [1.165, 1.54) is 18.0 Å². The van der Waals surface area contributed by atoms with Crippen LogP contribution in [0.1, 0.15) is 10.5 Å². The van der Waals surface area contributed by atoms with E-state index in [1.807, 2.05) is 30.5 Å². The lowest BCUT2D eigenvalue weighted by Gasteiger charge is -2.07. The molecule has 1 amide bonds. The number of halogens is 2. The van der Waals surface area contributed by atoms with E-state index in [-0.39, 0.29) is 16.6 Å². The van der Waals surface area contributed by atoms with Crippen LogP contribution in [-0.2, 0) is 0 Å². The monoisotopic (exact) mass is 405 g/mol. The van der Waals surface area contributed by atoms with Crippen LogP contribution < -0.4 is 5.32 Å². The Morgan fingerprint density at radius 2 is 2.26 bits per heavy atom. The molecule has 0 aliphatic carbocycles. The first-order valence-corrected chi connectivity index (χ1v) is 7.91. The molecule has 2 rings (SSSR count). The highest BCUT2D eigenvalue weighted by Crippen LogP contribution is 2.19. The van der Waals surface area contributed by atoms with Crippen molar-refractivity contribution < 1.29 is 4.79 Å². The van der Waals surface area contributed by atoms with Gasteiger partial charge in [-0.1, -0.05) is 29.4 Å². The van der Waals surface area contributed by atoms with Crippen LogP contribution in [0.3, 0.4) is 0 Å². The number of anilines is 1. The molecule has 0 atom stereocenters. The molecule has 2 aromatic rings. The molecule has 0 unspecified atom stereocenters. The number of aromatic nitrogens is 2. The van der Waals surface area contributed by atoms with Gasteiger partial charge in [0.1, 0.15) is 0 Å². The number of hydrogen-bond donors (Lipinski definition) is 1. The fourth-order valence-electron chi connectivity index (χ4n) is 1.37. The van der Waals surface area contributed by atoms with Crippen molar-refractivity contribution in [3.05, 3.63) is 44.7 Å². The number of carbonyl (C=O) groups is 1. The van der Waals surface area contributed by atoms with E-state index in [4.69, 9.17) is 11.6 Å². The van der Waals surface area contributed by atoms with Gasteiger partial charge in [-0.3, -0.25) is 4.79 Å². The lowest BCUT2D eigenvalue weighted by Crippen LogP contribution is -2.15. The lowest BCUT2D eigenvalue weighted by atomic mass is 10.3. The van der Waals surface area contributed by atoms with Crippen LogP contribution in [0, 0.1) is 3.57 Å². The maximum Gasteiger partial charge on any atom is 0.275 e. The molecule has 0 aliphatic heterocycles. The minimum atomic E-state index is -0.343. The second kappa shape index (κ2) is 6.53. The molecule has 1 heterocycles. The Bertz CT molecular complexity index is 624. The molecule has 1 N–H and O–H groups in total. The van der Waals surface area contributed by atoms with Crippen LogP contribution in [0.25, 0.3) is 0 Å². The third kappa shape index (κ3) is 3.80.